The van der Waals surface area contributed by atoms with Crippen LogP contribution in [0.15, 0.2) is 0 Å². The molecule has 0 rings (SSSR count). The molecule has 0 saturated heterocycles. The smallest absolute Gasteiger partial charge is 1.00 e. The van der Waals surface area contributed by atoms with E-state index in [0.29, 0.717) is 0 Å². The van der Waals surface area contributed by atoms with Crippen LogP contribution in [0.5, 0.6) is 0 Å². The van der Waals surface area contributed by atoms with E-state index in [2.05, 4.69) is 0 Å². The van der Waals surface area contributed by atoms with Gasteiger partial charge in [0, 0.05) is 0 Å². The largest absolute Gasteiger partial charge is 2.00 e. The van der Waals surface area contributed by atoms with E-state index in [1.807, 2.05) is 0 Å². The van der Waals surface area contributed by atoms with Crippen molar-refractivity contribution in [2.75, 3.05) is 0 Å². The summed E-state index contributed by atoms with van der Waals surface area (Å²) in [4.78, 5) is 0. The molecule has 0 heterocycles. The quantitative estimate of drug-likeness (QED) is 0.445. The average molecular weight is 311 g/mol. The summed E-state index contributed by atoms with van der Waals surface area (Å²) in [6.45, 7) is 0. The third-order valence-corrected chi connectivity index (χ3v) is 0. The molecule has 0 aliphatic rings. The zero-order valence-corrected chi connectivity index (χ0v) is 11.7. The van der Waals surface area contributed by atoms with Crippen molar-refractivity contribution in [1.29, 1.82) is 0 Å². The van der Waals surface area contributed by atoms with Crippen molar-refractivity contribution >= 4 is 102 Å². The Hall–Kier alpha value is 2.93. The minimum absolute atomic E-state index is 0. The van der Waals surface area contributed by atoms with Crippen LogP contribution >= 0.6 is 0 Å². The van der Waals surface area contributed by atoms with Gasteiger partial charge in [-0.05, 0) is 0 Å². The standard InChI is InChI=1S/BH3O3.Ba.FH.Sr.4H/c2-1(3)4;;;;;;;/h2-4H;;1H;;;;;/q;+2;;+2;4*-1. The van der Waals surface area contributed by atoms with Gasteiger partial charge in [-0.2, -0.15) is 0 Å². The second-order valence-electron chi connectivity index (χ2n) is 0.346. The summed E-state index contributed by atoms with van der Waals surface area (Å²) in [5.41, 5.74) is 0. The zero-order valence-electron chi connectivity index (χ0n) is 7.74. The van der Waals surface area contributed by atoms with E-state index in [1.165, 1.54) is 0 Å². The summed E-state index contributed by atoms with van der Waals surface area (Å²) in [5.74, 6) is 0. The molecule has 0 saturated carbocycles. The van der Waals surface area contributed by atoms with Crippen LogP contribution in [0.2, 0.25) is 0 Å². The van der Waals surface area contributed by atoms with Crippen LogP contribution in [-0.4, -0.2) is 117 Å². The summed E-state index contributed by atoms with van der Waals surface area (Å²) in [6, 6.07) is 0. The Bertz CT molecular complexity index is 30.1. The maximum Gasteiger partial charge on any atom is 2.00 e. The minimum atomic E-state index is -2.17. The van der Waals surface area contributed by atoms with Crippen molar-refractivity contribution < 1.29 is 25.5 Å². The molecule has 0 spiro atoms. The first-order valence-electron chi connectivity index (χ1n) is 0.775. The number of halogens is 1. The fraction of sp³-hybridized carbons (Fsp3) is 0. The van der Waals surface area contributed by atoms with E-state index < -0.39 is 7.32 Å². The van der Waals surface area contributed by atoms with E-state index in [0.717, 1.165) is 0 Å². The van der Waals surface area contributed by atoms with Gasteiger partial charge in [0.1, 0.15) is 0 Å². The SMILES string of the molecule is F.OB(O)O.[Ba+2].[H-].[H-].[H-].[H-].[Sr+2]. The van der Waals surface area contributed by atoms with Crippen LogP contribution in [-0.2, 0) is 0 Å². The predicted molar refractivity (Wildman–Crippen MR) is 30.9 cm³/mol. The van der Waals surface area contributed by atoms with E-state index in [-0.39, 0.29) is 105 Å². The van der Waals surface area contributed by atoms with Gasteiger partial charge in [-0.25, -0.2) is 0 Å². The molecule has 0 aliphatic heterocycles. The van der Waals surface area contributed by atoms with Crippen molar-refractivity contribution in [2.24, 2.45) is 0 Å². The maximum absolute atomic E-state index is 7.17. The molecule has 0 aliphatic carbocycles. The van der Waals surface area contributed by atoms with Crippen LogP contribution in [0, 0.1) is 0 Å². The average Bonchev–Trinajstić information content (AvgIpc) is 0.811. The van der Waals surface area contributed by atoms with E-state index in [1.54, 1.807) is 0 Å². The number of hydrogen-bond acceptors (Lipinski definition) is 3. The molecule has 0 aromatic rings. The Morgan fingerprint density at radius 3 is 1.14 bits per heavy atom. The van der Waals surface area contributed by atoms with Crippen molar-refractivity contribution in [1.82, 2.24) is 0 Å². The monoisotopic (exact) mass is 312 g/mol. The molecule has 0 amide bonds. The summed E-state index contributed by atoms with van der Waals surface area (Å²) < 4.78 is 0. The number of hydrogen-bond donors (Lipinski definition) is 3. The predicted octanol–water partition coefficient (Wildman–Crippen LogP) is -2.21. The molecule has 0 unspecified atom stereocenters. The van der Waals surface area contributed by atoms with E-state index in [9.17, 15) is 0 Å². The molecule has 3 nitrogen and oxygen atoms in total. The van der Waals surface area contributed by atoms with Crippen LogP contribution in [0.25, 0.3) is 0 Å². The second-order valence-corrected chi connectivity index (χ2v) is 0.346. The normalized spacial score (nSPS) is 3.86. The van der Waals surface area contributed by atoms with Gasteiger partial charge >= 0.3 is 102 Å². The van der Waals surface area contributed by atoms with Gasteiger partial charge in [-0.15, -0.1) is 0 Å². The summed E-state index contributed by atoms with van der Waals surface area (Å²) in [7, 11) is -2.17. The Morgan fingerprint density at radius 1 is 1.14 bits per heavy atom. The molecule has 0 aromatic carbocycles. The van der Waals surface area contributed by atoms with E-state index >= 15 is 0 Å². The van der Waals surface area contributed by atoms with Crippen molar-refractivity contribution in [2.45, 2.75) is 0 Å². The Balaban J connectivity index is -0.00000000214. The number of rotatable bonds is 0. The fourth-order valence-corrected chi connectivity index (χ4v) is 0. The van der Waals surface area contributed by atoms with Gasteiger partial charge in [0.25, 0.3) is 0 Å². The molecule has 7 heavy (non-hydrogen) atoms. The summed E-state index contributed by atoms with van der Waals surface area (Å²) in [6.07, 6.45) is 0. The van der Waals surface area contributed by atoms with E-state index in [4.69, 9.17) is 15.1 Å². The topological polar surface area (TPSA) is 60.7 Å². The van der Waals surface area contributed by atoms with Gasteiger partial charge in [-0.3, -0.25) is 4.70 Å². The van der Waals surface area contributed by atoms with Crippen LogP contribution in [0.1, 0.15) is 5.71 Å². The Morgan fingerprint density at radius 2 is 1.14 bits per heavy atom. The van der Waals surface area contributed by atoms with Gasteiger partial charge in [0.05, 0.1) is 0 Å². The molecule has 40 valence electrons. The first-order chi connectivity index (χ1) is 1.73. The molecule has 7 heteroatoms. The third kappa shape index (κ3) is 50.0. The van der Waals surface area contributed by atoms with Crippen LogP contribution < -0.4 is 0 Å². The van der Waals surface area contributed by atoms with Gasteiger partial charge in [0.15, 0.2) is 0 Å². The van der Waals surface area contributed by atoms with Crippen LogP contribution in [0.3, 0.4) is 0 Å². The summed E-state index contributed by atoms with van der Waals surface area (Å²) in [5, 5.41) is 21.5. The maximum atomic E-state index is 7.17. The molecule has 3 N–H and O–H groups in total. The second kappa shape index (κ2) is 16.0. The van der Waals surface area contributed by atoms with Crippen molar-refractivity contribution in [3.63, 3.8) is 0 Å². The first kappa shape index (κ1) is 22.5. The Kier molecular flexibility index (Phi) is 51.4. The molecular weight excluding hydrogens is 303 g/mol. The van der Waals surface area contributed by atoms with Gasteiger partial charge in [-0.1, -0.05) is 0 Å². The Labute approximate surface area is 124 Å². The third-order valence-electron chi connectivity index (χ3n) is 0. The molecule has 0 bridgehead atoms. The molecule has 0 atom stereocenters. The zero-order chi connectivity index (χ0) is 3.58. The fourth-order valence-electron chi connectivity index (χ4n) is 0. The van der Waals surface area contributed by atoms with Crippen LogP contribution in [0.4, 0.5) is 4.70 Å². The van der Waals surface area contributed by atoms with Gasteiger partial charge < -0.3 is 20.8 Å². The van der Waals surface area contributed by atoms with Gasteiger partial charge in [0.2, 0.25) is 0 Å². The molecule has 0 fully saturated rings. The molecule has 0 aromatic heterocycles. The van der Waals surface area contributed by atoms with Crippen molar-refractivity contribution in [3.05, 3.63) is 0 Å². The first-order valence-corrected chi connectivity index (χ1v) is 0.775. The van der Waals surface area contributed by atoms with Crippen molar-refractivity contribution in [3.8, 4) is 0 Å². The molecule has 0 radical (unpaired) electrons. The molecular formula is H8BBaFO3Sr. The minimum Gasteiger partial charge on any atom is -1.00 e. The summed E-state index contributed by atoms with van der Waals surface area (Å²) >= 11 is 0.